The average molecular weight is 438 g/mol. The lowest BCUT2D eigenvalue weighted by Crippen LogP contribution is -2.30. The van der Waals surface area contributed by atoms with Crippen molar-refractivity contribution in [3.8, 4) is 5.88 Å². The highest BCUT2D eigenvalue weighted by atomic mass is 35.5. The minimum absolute atomic E-state index is 0.00642. The molecule has 2 N–H and O–H groups in total. The fraction of sp³-hybridized carbons (Fsp3) is 0.400. The standard InChI is InChI=1S/C20H24ClN3O4S/c21-17-7-3-4-8-18(17)29(26,27)24-12-11-19(25)22-13-15-9-10-20(23-14-15)28-16-5-1-2-6-16/h3-4,7-10,14,16,24H,1-2,5-6,11-13H2,(H,22,25). The van der Waals surface area contributed by atoms with Gasteiger partial charge in [0.1, 0.15) is 11.0 Å². The first kappa shape index (κ1) is 21.5. The molecule has 0 spiro atoms. The second-order valence-electron chi connectivity index (χ2n) is 6.88. The highest BCUT2D eigenvalue weighted by molar-refractivity contribution is 7.89. The molecule has 9 heteroatoms. The quantitative estimate of drug-likeness (QED) is 0.628. The molecule has 1 saturated carbocycles. The SMILES string of the molecule is O=C(CCNS(=O)(=O)c1ccccc1Cl)NCc1ccc(OC2CCCC2)nc1. The lowest BCUT2D eigenvalue weighted by Gasteiger charge is -2.12. The third kappa shape index (κ3) is 6.42. The van der Waals surface area contributed by atoms with E-state index in [1.165, 1.54) is 25.0 Å². The predicted molar refractivity (Wildman–Crippen MR) is 110 cm³/mol. The Morgan fingerprint density at radius 1 is 1.17 bits per heavy atom. The van der Waals surface area contributed by atoms with Gasteiger partial charge in [0.2, 0.25) is 21.8 Å². The van der Waals surface area contributed by atoms with E-state index in [0.717, 1.165) is 18.4 Å². The first-order valence-electron chi connectivity index (χ1n) is 9.56. The number of halogens is 1. The van der Waals surface area contributed by atoms with Crippen LogP contribution in [0.5, 0.6) is 5.88 Å². The van der Waals surface area contributed by atoms with E-state index < -0.39 is 10.0 Å². The molecule has 156 valence electrons. The van der Waals surface area contributed by atoms with Crippen LogP contribution in [0.3, 0.4) is 0 Å². The zero-order valence-electron chi connectivity index (χ0n) is 15.9. The number of hydrogen-bond donors (Lipinski definition) is 2. The monoisotopic (exact) mass is 437 g/mol. The Balaban J connectivity index is 1.40. The highest BCUT2D eigenvalue weighted by Gasteiger charge is 2.18. The van der Waals surface area contributed by atoms with Crippen LogP contribution >= 0.6 is 11.6 Å². The molecule has 1 fully saturated rings. The molecule has 1 amide bonds. The molecule has 0 radical (unpaired) electrons. The minimum Gasteiger partial charge on any atom is -0.474 e. The van der Waals surface area contributed by atoms with Crippen molar-refractivity contribution in [2.45, 2.75) is 49.6 Å². The van der Waals surface area contributed by atoms with E-state index in [9.17, 15) is 13.2 Å². The van der Waals surface area contributed by atoms with Crippen molar-refractivity contribution in [1.82, 2.24) is 15.0 Å². The van der Waals surface area contributed by atoms with Crippen molar-refractivity contribution in [1.29, 1.82) is 0 Å². The lowest BCUT2D eigenvalue weighted by molar-refractivity contribution is -0.121. The number of nitrogens with one attached hydrogen (secondary N) is 2. The normalized spacial score (nSPS) is 14.7. The van der Waals surface area contributed by atoms with Crippen LogP contribution in [0.4, 0.5) is 0 Å². The molecule has 1 aromatic heterocycles. The fourth-order valence-electron chi connectivity index (χ4n) is 3.09. The van der Waals surface area contributed by atoms with E-state index in [1.54, 1.807) is 24.4 Å². The van der Waals surface area contributed by atoms with Gasteiger partial charge < -0.3 is 10.1 Å². The van der Waals surface area contributed by atoms with Gasteiger partial charge in [-0.3, -0.25) is 4.79 Å². The summed E-state index contributed by atoms with van der Waals surface area (Å²) in [6, 6.07) is 9.82. The van der Waals surface area contributed by atoms with E-state index in [1.807, 2.05) is 6.07 Å². The summed E-state index contributed by atoms with van der Waals surface area (Å²) in [5.41, 5.74) is 0.841. The van der Waals surface area contributed by atoms with Gasteiger partial charge in [0.15, 0.2) is 0 Å². The van der Waals surface area contributed by atoms with Crippen LogP contribution in [0.2, 0.25) is 5.02 Å². The summed E-state index contributed by atoms with van der Waals surface area (Å²) in [6.07, 6.45) is 6.47. The van der Waals surface area contributed by atoms with E-state index in [-0.39, 0.29) is 34.9 Å². The van der Waals surface area contributed by atoms with Crippen LogP contribution in [-0.2, 0) is 21.4 Å². The van der Waals surface area contributed by atoms with Crippen molar-refractivity contribution >= 4 is 27.5 Å². The molecule has 0 unspecified atom stereocenters. The van der Waals surface area contributed by atoms with Gasteiger partial charge in [0.25, 0.3) is 0 Å². The Bertz CT molecular complexity index is 929. The largest absolute Gasteiger partial charge is 0.474 e. The zero-order chi connectivity index (χ0) is 20.7. The van der Waals surface area contributed by atoms with Gasteiger partial charge in [-0.1, -0.05) is 29.8 Å². The first-order valence-corrected chi connectivity index (χ1v) is 11.4. The van der Waals surface area contributed by atoms with E-state index in [0.29, 0.717) is 12.4 Å². The molecule has 0 aliphatic heterocycles. The van der Waals surface area contributed by atoms with Crippen molar-refractivity contribution in [2.75, 3.05) is 6.54 Å². The number of carbonyl (C=O) groups excluding carboxylic acids is 1. The summed E-state index contributed by atoms with van der Waals surface area (Å²) >= 11 is 5.91. The number of ether oxygens (including phenoxy) is 1. The number of hydrogen-bond acceptors (Lipinski definition) is 5. The van der Waals surface area contributed by atoms with Crippen molar-refractivity contribution in [2.24, 2.45) is 0 Å². The van der Waals surface area contributed by atoms with Crippen molar-refractivity contribution in [3.05, 3.63) is 53.2 Å². The molecule has 29 heavy (non-hydrogen) atoms. The van der Waals surface area contributed by atoms with Gasteiger partial charge in [0, 0.05) is 31.8 Å². The number of amides is 1. The van der Waals surface area contributed by atoms with Gasteiger partial charge in [-0.2, -0.15) is 0 Å². The van der Waals surface area contributed by atoms with Crippen LogP contribution in [0.25, 0.3) is 0 Å². The zero-order valence-corrected chi connectivity index (χ0v) is 17.5. The van der Waals surface area contributed by atoms with Crippen LogP contribution in [0.15, 0.2) is 47.5 Å². The smallest absolute Gasteiger partial charge is 0.242 e. The van der Waals surface area contributed by atoms with E-state index in [4.69, 9.17) is 16.3 Å². The fourth-order valence-corrected chi connectivity index (χ4v) is 4.64. The molecule has 1 aliphatic carbocycles. The molecular formula is C20H24ClN3O4S. The molecule has 0 saturated heterocycles. The Kier molecular flexibility index (Phi) is 7.46. The van der Waals surface area contributed by atoms with E-state index >= 15 is 0 Å². The second kappa shape index (κ2) is 10.0. The summed E-state index contributed by atoms with van der Waals surface area (Å²) in [5.74, 6) is 0.332. The Morgan fingerprint density at radius 2 is 1.93 bits per heavy atom. The lowest BCUT2D eigenvalue weighted by atomic mass is 10.2. The molecule has 2 aromatic rings. The first-order chi connectivity index (χ1) is 13.9. The Hall–Kier alpha value is -2.16. The van der Waals surface area contributed by atoms with Gasteiger partial charge in [-0.05, 0) is 43.4 Å². The van der Waals surface area contributed by atoms with Gasteiger partial charge in [-0.15, -0.1) is 0 Å². The maximum absolute atomic E-state index is 12.2. The number of benzene rings is 1. The van der Waals surface area contributed by atoms with Crippen LogP contribution in [-0.4, -0.2) is 32.0 Å². The molecule has 1 aliphatic rings. The maximum Gasteiger partial charge on any atom is 0.242 e. The molecule has 0 atom stereocenters. The summed E-state index contributed by atoms with van der Waals surface area (Å²) in [4.78, 5) is 16.3. The van der Waals surface area contributed by atoms with E-state index in [2.05, 4.69) is 15.0 Å². The summed E-state index contributed by atoms with van der Waals surface area (Å²) in [7, 11) is -3.75. The number of rotatable bonds is 9. The number of pyridine rings is 1. The molecule has 1 heterocycles. The number of carbonyl (C=O) groups is 1. The maximum atomic E-state index is 12.2. The van der Waals surface area contributed by atoms with Gasteiger partial charge >= 0.3 is 0 Å². The van der Waals surface area contributed by atoms with Crippen LogP contribution in [0.1, 0.15) is 37.7 Å². The Labute approximate surface area is 175 Å². The topological polar surface area (TPSA) is 97.4 Å². The third-order valence-corrected chi connectivity index (χ3v) is 6.61. The number of nitrogens with zero attached hydrogens (tertiary/aromatic N) is 1. The minimum atomic E-state index is -3.75. The summed E-state index contributed by atoms with van der Waals surface area (Å²) in [6.45, 7) is 0.290. The molecular weight excluding hydrogens is 414 g/mol. The van der Waals surface area contributed by atoms with Crippen LogP contribution < -0.4 is 14.8 Å². The second-order valence-corrected chi connectivity index (χ2v) is 9.03. The van der Waals surface area contributed by atoms with Crippen molar-refractivity contribution < 1.29 is 17.9 Å². The average Bonchev–Trinajstić information content (AvgIpc) is 3.20. The Morgan fingerprint density at radius 3 is 2.62 bits per heavy atom. The highest BCUT2D eigenvalue weighted by Crippen LogP contribution is 2.23. The van der Waals surface area contributed by atoms with Gasteiger partial charge in [0.05, 0.1) is 5.02 Å². The summed E-state index contributed by atoms with van der Waals surface area (Å²) in [5, 5.41) is 2.88. The number of aromatic nitrogens is 1. The third-order valence-electron chi connectivity index (χ3n) is 4.65. The molecule has 1 aromatic carbocycles. The molecule has 0 bridgehead atoms. The predicted octanol–water partition coefficient (Wildman–Crippen LogP) is 3.04. The van der Waals surface area contributed by atoms with Crippen LogP contribution in [0, 0.1) is 0 Å². The molecule has 3 rings (SSSR count). The van der Waals surface area contributed by atoms with Gasteiger partial charge in [-0.25, -0.2) is 18.1 Å². The van der Waals surface area contributed by atoms with Crippen molar-refractivity contribution in [3.63, 3.8) is 0 Å². The number of sulfonamides is 1. The summed E-state index contributed by atoms with van der Waals surface area (Å²) < 4.78 is 32.6. The molecule has 7 nitrogen and oxygen atoms in total.